The maximum absolute atomic E-state index is 13.7. The van der Waals surface area contributed by atoms with Crippen molar-refractivity contribution in [3.8, 4) is 5.75 Å². The van der Waals surface area contributed by atoms with Gasteiger partial charge in [-0.2, -0.15) is 0 Å². The van der Waals surface area contributed by atoms with E-state index in [0.717, 1.165) is 10.8 Å². The summed E-state index contributed by atoms with van der Waals surface area (Å²) in [5.41, 5.74) is -0.955. The molecule has 0 fully saturated rings. The SMILES string of the molecule is CC(C)C(NC(=O)c1ccc2ccccc2c1)C1=NOC(COc2ccccc2)(C(=O)N[C@@H](CC(=O)O)/C(O)=C/[N+]#N)C1. The fourth-order valence-electron chi connectivity index (χ4n) is 4.68. The minimum atomic E-state index is -1.78. The number of carboxylic acids is 1. The second-order valence-corrected chi connectivity index (χ2v) is 10.5. The number of ether oxygens (including phenoxy) is 1. The third-order valence-corrected chi connectivity index (χ3v) is 6.99. The zero-order valence-electron chi connectivity index (χ0n) is 23.6. The van der Waals surface area contributed by atoms with Crippen LogP contribution in [0.3, 0.4) is 0 Å². The van der Waals surface area contributed by atoms with Crippen molar-refractivity contribution < 1.29 is 34.2 Å². The number of aliphatic hydroxyl groups is 1. The van der Waals surface area contributed by atoms with E-state index in [1.807, 2.05) is 44.2 Å². The third kappa shape index (κ3) is 7.45. The van der Waals surface area contributed by atoms with E-state index in [1.54, 1.807) is 42.5 Å². The van der Waals surface area contributed by atoms with E-state index in [4.69, 9.17) is 15.0 Å². The van der Waals surface area contributed by atoms with Gasteiger partial charge in [0, 0.05) is 12.0 Å². The molecule has 43 heavy (non-hydrogen) atoms. The van der Waals surface area contributed by atoms with Crippen LogP contribution in [0.2, 0.25) is 0 Å². The van der Waals surface area contributed by atoms with Gasteiger partial charge in [-0.15, -0.1) is 0 Å². The molecule has 3 atom stereocenters. The van der Waals surface area contributed by atoms with Crippen molar-refractivity contribution in [1.82, 2.24) is 10.6 Å². The Morgan fingerprint density at radius 1 is 1.05 bits per heavy atom. The summed E-state index contributed by atoms with van der Waals surface area (Å²) in [5, 5.41) is 39.9. The lowest BCUT2D eigenvalue weighted by Crippen LogP contribution is -2.55. The number of carboxylic acid groups (broad SMARTS) is 1. The van der Waals surface area contributed by atoms with Crippen LogP contribution in [0.25, 0.3) is 15.7 Å². The molecule has 0 saturated heterocycles. The first kappa shape index (κ1) is 30.5. The van der Waals surface area contributed by atoms with E-state index in [2.05, 4.69) is 20.8 Å². The number of benzene rings is 3. The van der Waals surface area contributed by atoms with Gasteiger partial charge in [-0.25, -0.2) is 0 Å². The van der Waals surface area contributed by atoms with Gasteiger partial charge in [0.2, 0.25) is 11.2 Å². The molecular weight excluding hydrogens is 554 g/mol. The Morgan fingerprint density at radius 2 is 1.74 bits per heavy atom. The largest absolute Gasteiger partial charge is 0.504 e. The number of aliphatic hydroxyl groups excluding tert-OH is 1. The second kappa shape index (κ2) is 13.5. The molecule has 3 aromatic carbocycles. The molecule has 12 nitrogen and oxygen atoms in total. The molecule has 222 valence electrons. The number of nitrogens with one attached hydrogen (secondary N) is 2. The van der Waals surface area contributed by atoms with E-state index >= 15 is 0 Å². The zero-order valence-corrected chi connectivity index (χ0v) is 23.6. The number of fused-ring (bicyclic) bond motifs is 1. The summed E-state index contributed by atoms with van der Waals surface area (Å²) in [5.74, 6) is -2.87. The number of diazo groups is 1. The maximum atomic E-state index is 13.7. The molecule has 0 spiro atoms. The number of rotatable bonds is 12. The molecule has 4 rings (SSSR count). The Balaban J connectivity index is 1.58. The van der Waals surface area contributed by atoms with Gasteiger partial charge in [-0.3, -0.25) is 14.4 Å². The highest BCUT2D eigenvalue weighted by atomic mass is 16.7. The number of hydrogen-bond donors (Lipinski definition) is 4. The van der Waals surface area contributed by atoms with Crippen LogP contribution in [0.15, 0.2) is 89.9 Å². The fourth-order valence-corrected chi connectivity index (χ4v) is 4.68. The lowest BCUT2D eigenvalue weighted by atomic mass is 9.89. The van der Waals surface area contributed by atoms with Gasteiger partial charge < -0.3 is 30.4 Å². The topological polar surface area (TPSA) is 175 Å². The minimum absolute atomic E-state index is 0.110. The molecule has 1 aliphatic rings. The average Bonchev–Trinajstić information content (AvgIpc) is 3.43. The van der Waals surface area contributed by atoms with Crippen LogP contribution in [-0.4, -0.2) is 58.0 Å². The molecule has 2 amide bonds. The van der Waals surface area contributed by atoms with Crippen LogP contribution >= 0.6 is 0 Å². The van der Waals surface area contributed by atoms with Crippen LogP contribution in [0.4, 0.5) is 0 Å². The molecule has 1 heterocycles. The molecule has 4 N–H and O–H groups in total. The first-order valence-corrected chi connectivity index (χ1v) is 13.6. The van der Waals surface area contributed by atoms with E-state index in [9.17, 15) is 24.6 Å². The number of hydrogen-bond acceptors (Lipinski definition) is 8. The number of amides is 2. The van der Waals surface area contributed by atoms with E-state index in [-0.39, 0.29) is 24.9 Å². The molecule has 1 aliphatic heterocycles. The molecule has 2 unspecified atom stereocenters. The number of para-hydroxylation sites is 1. The van der Waals surface area contributed by atoms with Gasteiger partial charge in [-0.05, 0) is 41.0 Å². The molecule has 0 bridgehead atoms. The number of carbonyl (C=O) groups is 3. The molecule has 0 aliphatic carbocycles. The first-order valence-electron chi connectivity index (χ1n) is 13.6. The van der Waals surface area contributed by atoms with Gasteiger partial charge in [0.15, 0.2) is 4.98 Å². The highest BCUT2D eigenvalue weighted by Gasteiger charge is 2.50. The number of nitrogens with zero attached hydrogens (tertiary/aromatic N) is 3. The average molecular weight is 587 g/mol. The van der Waals surface area contributed by atoms with E-state index < -0.39 is 41.7 Å². The quantitative estimate of drug-likeness (QED) is 0.178. The van der Waals surface area contributed by atoms with Gasteiger partial charge in [0.1, 0.15) is 18.4 Å². The summed E-state index contributed by atoms with van der Waals surface area (Å²) in [4.78, 5) is 46.9. The minimum Gasteiger partial charge on any atom is -0.504 e. The lowest BCUT2D eigenvalue weighted by molar-refractivity contribution is -0.149. The first-order chi connectivity index (χ1) is 20.6. The second-order valence-electron chi connectivity index (χ2n) is 10.5. The normalized spacial score (nSPS) is 17.7. The lowest BCUT2D eigenvalue weighted by Gasteiger charge is -2.28. The summed E-state index contributed by atoms with van der Waals surface area (Å²) in [7, 11) is 0. The molecular formula is C31H32N5O7+. The van der Waals surface area contributed by atoms with E-state index in [1.165, 1.54) is 0 Å². The molecule has 0 radical (unpaired) electrons. The van der Waals surface area contributed by atoms with Crippen molar-refractivity contribution in [2.45, 2.75) is 44.4 Å². The highest BCUT2D eigenvalue weighted by Crippen LogP contribution is 2.30. The van der Waals surface area contributed by atoms with Crippen LogP contribution in [0.5, 0.6) is 5.75 Å². The van der Waals surface area contributed by atoms with Crippen LogP contribution in [0, 0.1) is 11.3 Å². The summed E-state index contributed by atoms with van der Waals surface area (Å²) in [6.07, 6.45) is -0.194. The van der Waals surface area contributed by atoms with Crippen LogP contribution in [-0.2, 0) is 14.4 Å². The van der Waals surface area contributed by atoms with Crippen molar-refractivity contribution in [1.29, 1.82) is 5.39 Å². The number of carbonyl (C=O) groups excluding carboxylic acids is 2. The Bertz CT molecular complexity index is 1600. The van der Waals surface area contributed by atoms with Crippen molar-refractivity contribution in [3.05, 3.63) is 95.3 Å². The Morgan fingerprint density at radius 3 is 2.42 bits per heavy atom. The van der Waals surface area contributed by atoms with Gasteiger partial charge >= 0.3 is 12.2 Å². The highest BCUT2D eigenvalue weighted by molar-refractivity contribution is 6.04. The molecule has 0 aromatic heterocycles. The smallest absolute Gasteiger partial charge is 0.389 e. The van der Waals surface area contributed by atoms with Gasteiger partial charge in [0.05, 0.1) is 18.2 Å². The van der Waals surface area contributed by atoms with Gasteiger partial charge in [0.25, 0.3) is 17.4 Å². The van der Waals surface area contributed by atoms with Crippen molar-refractivity contribution >= 4 is 34.3 Å². The van der Waals surface area contributed by atoms with Crippen LogP contribution < -0.4 is 15.4 Å². The van der Waals surface area contributed by atoms with Crippen molar-refractivity contribution in [2.75, 3.05) is 6.61 Å². The monoisotopic (exact) mass is 586 g/mol. The molecule has 0 saturated carbocycles. The van der Waals surface area contributed by atoms with Crippen molar-refractivity contribution in [2.24, 2.45) is 11.1 Å². The summed E-state index contributed by atoms with van der Waals surface area (Å²) >= 11 is 0. The molecule has 12 heteroatoms. The predicted octanol–water partition coefficient (Wildman–Crippen LogP) is 4.40. The Labute approximate surface area is 247 Å². The number of aliphatic carboxylic acids is 1. The number of oxime groups is 1. The Kier molecular flexibility index (Phi) is 9.57. The third-order valence-electron chi connectivity index (χ3n) is 6.99. The summed E-state index contributed by atoms with van der Waals surface area (Å²) in [6, 6.07) is 19.7. The summed E-state index contributed by atoms with van der Waals surface area (Å²) in [6.45, 7) is 3.45. The fraction of sp³-hybridized carbons (Fsp3) is 0.290. The van der Waals surface area contributed by atoms with Crippen molar-refractivity contribution in [3.63, 3.8) is 0 Å². The van der Waals surface area contributed by atoms with Gasteiger partial charge in [-0.1, -0.05) is 67.5 Å². The maximum Gasteiger partial charge on any atom is 0.389 e. The zero-order chi connectivity index (χ0) is 31.0. The Hall–Kier alpha value is -5.44. The standard InChI is InChI=1S/C31H31N5O7/c1-19(2)28(35-29(40)22-13-12-20-8-6-7-9-21(20)14-22)25-16-31(43-36-25,18-42-23-10-4-3-5-11-23)30(41)34-24(15-27(38)39)26(37)17-33-32/h3-14,17,19,24,28H,15-16,18H2,1-2H3,(H3-,34,35,37,38,39,40,41)/p+1/b26-17-/t24-,28?,31?/m0/s1. The summed E-state index contributed by atoms with van der Waals surface area (Å²) < 4.78 is 5.87. The van der Waals surface area contributed by atoms with E-state index in [0.29, 0.717) is 23.2 Å². The predicted molar refractivity (Wildman–Crippen MR) is 158 cm³/mol. The van der Waals surface area contributed by atoms with Crippen LogP contribution in [0.1, 0.15) is 37.0 Å². The molecule has 3 aromatic rings.